The summed E-state index contributed by atoms with van der Waals surface area (Å²) in [7, 11) is -3.53. The van der Waals surface area contributed by atoms with Crippen LogP contribution in [0.15, 0.2) is 47.4 Å². The van der Waals surface area contributed by atoms with Crippen molar-refractivity contribution in [3.8, 4) is 11.1 Å². The summed E-state index contributed by atoms with van der Waals surface area (Å²) in [5.41, 5.74) is 2.72. The third-order valence-corrected chi connectivity index (χ3v) is 4.35. The molecule has 0 amide bonds. The molecule has 0 aliphatic heterocycles. The Labute approximate surface area is 119 Å². The molecule has 0 heterocycles. The van der Waals surface area contributed by atoms with Gasteiger partial charge in [0, 0.05) is 6.26 Å². The van der Waals surface area contributed by atoms with Crippen LogP contribution in [-0.2, 0) is 9.84 Å². The van der Waals surface area contributed by atoms with Crippen molar-refractivity contribution in [2.24, 2.45) is 0 Å². The van der Waals surface area contributed by atoms with Gasteiger partial charge in [-0.2, -0.15) is 0 Å². The first-order chi connectivity index (χ1) is 9.29. The van der Waals surface area contributed by atoms with Crippen molar-refractivity contribution in [3.05, 3.63) is 53.8 Å². The van der Waals surface area contributed by atoms with Crippen LogP contribution < -0.4 is 0 Å². The fourth-order valence-corrected chi connectivity index (χ4v) is 2.79. The second-order valence-electron chi connectivity index (χ2n) is 5.20. The molecule has 2 rings (SSSR count). The van der Waals surface area contributed by atoms with E-state index in [1.54, 1.807) is 6.07 Å². The zero-order valence-corrected chi connectivity index (χ0v) is 12.5. The van der Waals surface area contributed by atoms with E-state index in [-0.39, 0.29) is 4.90 Å². The highest BCUT2D eigenvalue weighted by atomic mass is 32.2. The smallest absolute Gasteiger partial charge is 0.178 e. The zero-order chi connectivity index (χ0) is 14.9. The molecule has 0 aliphatic rings. The third-order valence-electron chi connectivity index (χ3n) is 3.22. The minimum absolute atomic E-state index is 0.263. The van der Waals surface area contributed by atoms with Crippen LogP contribution in [0.2, 0.25) is 0 Å². The summed E-state index contributed by atoms with van der Waals surface area (Å²) in [5, 5.41) is 0. The van der Waals surface area contributed by atoms with Gasteiger partial charge in [0.1, 0.15) is 10.7 Å². The Morgan fingerprint density at radius 2 is 1.65 bits per heavy atom. The fourth-order valence-electron chi connectivity index (χ4n) is 2.06. The standard InChI is InChI=1S/C16H17FO2S/c1-11(2)12-5-4-6-13(9-12)14-7-8-16(15(17)10-14)20(3,18)19/h4-11H,1-3H3. The monoisotopic (exact) mass is 292 g/mol. The van der Waals surface area contributed by atoms with Gasteiger partial charge in [0.15, 0.2) is 9.84 Å². The topological polar surface area (TPSA) is 34.1 Å². The van der Waals surface area contributed by atoms with Crippen LogP contribution in [0.5, 0.6) is 0 Å². The quantitative estimate of drug-likeness (QED) is 0.856. The SMILES string of the molecule is CC(C)c1cccc(-c2ccc(S(C)(=O)=O)c(F)c2)c1. The minimum atomic E-state index is -3.53. The summed E-state index contributed by atoms with van der Waals surface area (Å²) >= 11 is 0. The lowest BCUT2D eigenvalue weighted by molar-refractivity contribution is 0.571. The predicted molar refractivity (Wildman–Crippen MR) is 79.0 cm³/mol. The van der Waals surface area contributed by atoms with Gasteiger partial charge in [-0.3, -0.25) is 0 Å². The van der Waals surface area contributed by atoms with Gasteiger partial charge < -0.3 is 0 Å². The Balaban J connectivity index is 2.50. The van der Waals surface area contributed by atoms with Crippen LogP contribution in [0, 0.1) is 5.82 Å². The summed E-state index contributed by atoms with van der Waals surface area (Å²) in [6.45, 7) is 4.18. The predicted octanol–water partition coefficient (Wildman–Crippen LogP) is 4.02. The second-order valence-corrected chi connectivity index (χ2v) is 7.18. The van der Waals surface area contributed by atoms with Gasteiger partial charge in [0.25, 0.3) is 0 Å². The van der Waals surface area contributed by atoms with E-state index >= 15 is 0 Å². The van der Waals surface area contributed by atoms with Crippen molar-refractivity contribution in [2.45, 2.75) is 24.7 Å². The van der Waals surface area contributed by atoms with E-state index in [4.69, 9.17) is 0 Å². The van der Waals surface area contributed by atoms with Crippen molar-refractivity contribution in [1.29, 1.82) is 0 Å². The number of halogens is 1. The Bertz CT molecular complexity index is 734. The normalized spacial score (nSPS) is 11.8. The molecule has 0 fully saturated rings. The molecule has 2 aromatic carbocycles. The van der Waals surface area contributed by atoms with Crippen LogP contribution in [0.4, 0.5) is 4.39 Å². The van der Waals surface area contributed by atoms with Gasteiger partial charge in [-0.05, 0) is 34.7 Å². The zero-order valence-electron chi connectivity index (χ0n) is 11.7. The molecule has 0 saturated heterocycles. The van der Waals surface area contributed by atoms with E-state index < -0.39 is 15.7 Å². The lowest BCUT2D eigenvalue weighted by Gasteiger charge is -2.09. The lowest BCUT2D eigenvalue weighted by Crippen LogP contribution is -2.00. The highest BCUT2D eigenvalue weighted by Crippen LogP contribution is 2.26. The molecule has 0 saturated carbocycles. The average Bonchev–Trinajstić information content (AvgIpc) is 2.37. The van der Waals surface area contributed by atoms with Gasteiger partial charge in [0.05, 0.1) is 0 Å². The second kappa shape index (κ2) is 5.37. The third kappa shape index (κ3) is 3.07. The number of benzene rings is 2. The van der Waals surface area contributed by atoms with E-state index in [1.165, 1.54) is 12.1 Å². The van der Waals surface area contributed by atoms with Crippen molar-refractivity contribution in [3.63, 3.8) is 0 Å². The van der Waals surface area contributed by atoms with Gasteiger partial charge in [0.2, 0.25) is 0 Å². The van der Waals surface area contributed by atoms with Gasteiger partial charge in [-0.15, -0.1) is 0 Å². The lowest BCUT2D eigenvalue weighted by atomic mass is 9.97. The molecule has 2 aromatic rings. The highest BCUT2D eigenvalue weighted by Gasteiger charge is 2.14. The average molecular weight is 292 g/mol. The van der Waals surface area contributed by atoms with Crippen molar-refractivity contribution < 1.29 is 12.8 Å². The maximum absolute atomic E-state index is 13.9. The molecule has 0 radical (unpaired) electrons. The molecule has 0 aliphatic carbocycles. The minimum Gasteiger partial charge on any atom is -0.224 e. The first kappa shape index (κ1) is 14.7. The van der Waals surface area contributed by atoms with Gasteiger partial charge in [-0.25, -0.2) is 12.8 Å². The summed E-state index contributed by atoms with van der Waals surface area (Å²) < 4.78 is 36.7. The van der Waals surface area contributed by atoms with Crippen LogP contribution in [0.25, 0.3) is 11.1 Å². The number of rotatable bonds is 3. The van der Waals surface area contributed by atoms with Crippen LogP contribution in [0.3, 0.4) is 0 Å². The van der Waals surface area contributed by atoms with E-state index in [0.717, 1.165) is 17.4 Å². The first-order valence-corrected chi connectivity index (χ1v) is 8.28. The molecule has 0 aromatic heterocycles. The summed E-state index contributed by atoms with van der Waals surface area (Å²) in [6, 6.07) is 12.1. The Morgan fingerprint density at radius 3 is 2.20 bits per heavy atom. The molecule has 0 spiro atoms. The van der Waals surface area contributed by atoms with E-state index in [9.17, 15) is 12.8 Å². The number of hydrogen-bond acceptors (Lipinski definition) is 2. The number of hydrogen-bond donors (Lipinski definition) is 0. The molecular formula is C16H17FO2S. The van der Waals surface area contributed by atoms with E-state index in [1.807, 2.05) is 24.3 Å². The molecule has 0 N–H and O–H groups in total. The molecule has 20 heavy (non-hydrogen) atoms. The Hall–Kier alpha value is -1.68. The van der Waals surface area contributed by atoms with Crippen LogP contribution in [0.1, 0.15) is 25.3 Å². The Morgan fingerprint density at radius 1 is 1.00 bits per heavy atom. The fraction of sp³-hybridized carbons (Fsp3) is 0.250. The number of sulfone groups is 1. The van der Waals surface area contributed by atoms with E-state index in [0.29, 0.717) is 11.5 Å². The van der Waals surface area contributed by atoms with Crippen molar-refractivity contribution in [2.75, 3.05) is 6.26 Å². The van der Waals surface area contributed by atoms with Crippen molar-refractivity contribution >= 4 is 9.84 Å². The summed E-state index contributed by atoms with van der Waals surface area (Å²) in [5.74, 6) is -0.324. The van der Waals surface area contributed by atoms with Gasteiger partial charge in [-0.1, -0.05) is 44.2 Å². The van der Waals surface area contributed by atoms with E-state index in [2.05, 4.69) is 13.8 Å². The Kier molecular flexibility index (Phi) is 3.95. The van der Waals surface area contributed by atoms with Crippen LogP contribution in [-0.4, -0.2) is 14.7 Å². The molecule has 0 unspecified atom stereocenters. The maximum atomic E-state index is 13.9. The van der Waals surface area contributed by atoms with Crippen molar-refractivity contribution in [1.82, 2.24) is 0 Å². The summed E-state index contributed by atoms with van der Waals surface area (Å²) in [4.78, 5) is -0.263. The molecule has 4 heteroatoms. The molecule has 0 bridgehead atoms. The van der Waals surface area contributed by atoms with Gasteiger partial charge >= 0.3 is 0 Å². The first-order valence-electron chi connectivity index (χ1n) is 6.39. The maximum Gasteiger partial charge on any atom is 0.178 e. The summed E-state index contributed by atoms with van der Waals surface area (Å²) in [6.07, 6.45) is 1.00. The highest BCUT2D eigenvalue weighted by molar-refractivity contribution is 7.90. The molecule has 0 atom stereocenters. The molecule has 2 nitrogen and oxygen atoms in total. The largest absolute Gasteiger partial charge is 0.224 e. The van der Waals surface area contributed by atoms with Crippen LogP contribution >= 0.6 is 0 Å². The molecule has 106 valence electrons. The molecular weight excluding hydrogens is 275 g/mol.